The second-order valence-electron chi connectivity index (χ2n) is 5.47. The second-order valence-corrected chi connectivity index (χ2v) is 6.57. The minimum absolute atomic E-state index is 0.251. The number of nitrogens with zero attached hydrogens (tertiary/aromatic N) is 2. The summed E-state index contributed by atoms with van der Waals surface area (Å²) >= 11 is 1.33. The molecule has 0 saturated carbocycles. The van der Waals surface area contributed by atoms with Crippen molar-refractivity contribution in [3.05, 3.63) is 22.6 Å². The zero-order valence-corrected chi connectivity index (χ0v) is 13.6. The average Bonchev–Trinajstić information content (AvgIpc) is 3.15. The Bertz CT molecular complexity index is 688. The monoisotopic (exact) mass is 360 g/mol. The zero-order valence-electron chi connectivity index (χ0n) is 12.8. The highest BCUT2D eigenvalue weighted by Gasteiger charge is 2.45. The fourth-order valence-electron chi connectivity index (χ4n) is 2.66. The number of halogens is 3. The van der Waals surface area contributed by atoms with E-state index in [0.29, 0.717) is 4.88 Å². The molecule has 2 aliphatic rings. The van der Waals surface area contributed by atoms with Crippen LogP contribution in [0.3, 0.4) is 0 Å². The third kappa shape index (κ3) is 3.46. The first-order valence-corrected chi connectivity index (χ1v) is 8.16. The van der Waals surface area contributed by atoms with Gasteiger partial charge in [0.25, 0.3) is 0 Å². The largest absolute Gasteiger partial charge is 0.437 e. The van der Waals surface area contributed by atoms with Crippen LogP contribution in [0.4, 0.5) is 18.2 Å². The molecule has 1 aromatic rings. The van der Waals surface area contributed by atoms with Crippen LogP contribution in [-0.2, 0) is 14.4 Å². The molecule has 0 bridgehead atoms. The van der Waals surface area contributed by atoms with Gasteiger partial charge in [0.15, 0.2) is 5.71 Å². The molecule has 0 N–H and O–H groups in total. The molecule has 0 atom stereocenters. The SMILES string of the molecule is COC1CCN(c2ccc(C=C3C(=O)ON=C3C(F)(F)F)s2)CC1. The van der Waals surface area contributed by atoms with E-state index in [0.717, 1.165) is 30.9 Å². The average molecular weight is 360 g/mol. The predicted octanol–water partition coefficient (Wildman–Crippen LogP) is 3.22. The van der Waals surface area contributed by atoms with Crippen molar-refractivity contribution in [3.63, 3.8) is 0 Å². The highest BCUT2D eigenvalue weighted by molar-refractivity contribution is 7.17. The van der Waals surface area contributed by atoms with Crippen LogP contribution < -0.4 is 4.90 Å². The molecule has 24 heavy (non-hydrogen) atoms. The van der Waals surface area contributed by atoms with Gasteiger partial charge in [0.05, 0.1) is 16.7 Å². The van der Waals surface area contributed by atoms with E-state index in [1.165, 1.54) is 17.4 Å². The van der Waals surface area contributed by atoms with E-state index in [1.807, 2.05) is 6.07 Å². The second kappa shape index (κ2) is 6.56. The van der Waals surface area contributed by atoms with E-state index in [9.17, 15) is 18.0 Å². The summed E-state index contributed by atoms with van der Waals surface area (Å²) in [6.07, 6.45) is -1.48. The van der Waals surface area contributed by atoms with Crippen LogP contribution in [0.1, 0.15) is 17.7 Å². The summed E-state index contributed by atoms with van der Waals surface area (Å²) in [5.41, 5.74) is -1.85. The number of thiophene rings is 1. The molecule has 3 rings (SSSR count). The van der Waals surface area contributed by atoms with Crippen LogP contribution in [0.15, 0.2) is 22.9 Å². The lowest BCUT2D eigenvalue weighted by molar-refractivity contribution is -0.136. The molecule has 1 fully saturated rings. The number of hydrogen-bond acceptors (Lipinski definition) is 6. The normalized spacial score (nSPS) is 21.3. The first-order valence-electron chi connectivity index (χ1n) is 7.34. The van der Waals surface area contributed by atoms with Crippen molar-refractivity contribution in [2.24, 2.45) is 5.16 Å². The number of oxime groups is 1. The lowest BCUT2D eigenvalue weighted by Gasteiger charge is -2.31. The fraction of sp³-hybridized carbons (Fsp3) is 0.467. The van der Waals surface area contributed by atoms with Crippen LogP contribution >= 0.6 is 11.3 Å². The molecule has 1 saturated heterocycles. The molecule has 0 radical (unpaired) electrons. The summed E-state index contributed by atoms with van der Waals surface area (Å²) in [6.45, 7) is 1.65. The van der Waals surface area contributed by atoms with Gasteiger partial charge in [-0.15, -0.1) is 11.3 Å². The maximum Gasteiger partial charge on any atom is 0.437 e. The van der Waals surface area contributed by atoms with Gasteiger partial charge in [0, 0.05) is 25.1 Å². The third-order valence-corrected chi connectivity index (χ3v) is 5.04. The van der Waals surface area contributed by atoms with Gasteiger partial charge in [0.2, 0.25) is 0 Å². The summed E-state index contributed by atoms with van der Waals surface area (Å²) in [6, 6.07) is 3.53. The number of carbonyl (C=O) groups is 1. The Morgan fingerprint density at radius 2 is 2.08 bits per heavy atom. The van der Waals surface area contributed by atoms with Gasteiger partial charge in [-0.05, 0) is 31.1 Å². The molecule has 5 nitrogen and oxygen atoms in total. The van der Waals surface area contributed by atoms with Gasteiger partial charge < -0.3 is 14.5 Å². The van der Waals surface area contributed by atoms with E-state index in [2.05, 4.69) is 14.9 Å². The number of carbonyl (C=O) groups excluding carboxylic acids is 1. The van der Waals surface area contributed by atoms with Gasteiger partial charge in [-0.2, -0.15) is 13.2 Å². The summed E-state index contributed by atoms with van der Waals surface area (Å²) < 4.78 is 43.8. The summed E-state index contributed by atoms with van der Waals surface area (Å²) in [4.78, 5) is 18.4. The number of rotatable bonds is 3. The van der Waals surface area contributed by atoms with Crippen LogP contribution in [0.25, 0.3) is 6.08 Å². The van der Waals surface area contributed by atoms with Gasteiger partial charge in [-0.1, -0.05) is 5.16 Å². The highest BCUT2D eigenvalue weighted by atomic mass is 32.1. The fourth-order valence-corrected chi connectivity index (χ4v) is 3.66. The van der Waals surface area contributed by atoms with Crippen LogP contribution in [-0.4, -0.2) is 44.2 Å². The number of methoxy groups -OCH3 is 1. The van der Waals surface area contributed by atoms with E-state index < -0.39 is 23.4 Å². The van der Waals surface area contributed by atoms with Crippen molar-refractivity contribution in [2.75, 3.05) is 25.1 Å². The Labute approximate surface area is 140 Å². The van der Waals surface area contributed by atoms with Gasteiger partial charge >= 0.3 is 12.1 Å². The topological polar surface area (TPSA) is 51.1 Å². The first kappa shape index (κ1) is 17.0. The van der Waals surface area contributed by atoms with Crippen molar-refractivity contribution in [1.82, 2.24) is 0 Å². The molecule has 0 aliphatic carbocycles. The van der Waals surface area contributed by atoms with Gasteiger partial charge in [-0.25, -0.2) is 4.79 Å². The number of alkyl halides is 3. The highest BCUT2D eigenvalue weighted by Crippen LogP contribution is 2.33. The number of hydrogen-bond donors (Lipinski definition) is 0. The molecule has 0 unspecified atom stereocenters. The maximum absolute atomic E-state index is 12.8. The molecule has 0 amide bonds. The number of anilines is 1. The van der Waals surface area contributed by atoms with Crippen LogP contribution in [0.5, 0.6) is 0 Å². The summed E-state index contributed by atoms with van der Waals surface area (Å²) in [5, 5.41) is 3.79. The Kier molecular flexibility index (Phi) is 4.64. The van der Waals surface area contributed by atoms with Crippen molar-refractivity contribution in [2.45, 2.75) is 25.1 Å². The molecule has 0 aromatic carbocycles. The van der Waals surface area contributed by atoms with Crippen LogP contribution in [0.2, 0.25) is 0 Å². The molecule has 130 valence electrons. The third-order valence-electron chi connectivity index (χ3n) is 3.95. The molecule has 3 heterocycles. The van der Waals surface area contributed by atoms with Crippen molar-refractivity contribution >= 4 is 34.1 Å². The van der Waals surface area contributed by atoms with Crippen LogP contribution in [0, 0.1) is 0 Å². The molecular weight excluding hydrogens is 345 g/mol. The van der Waals surface area contributed by atoms with E-state index in [1.54, 1.807) is 13.2 Å². The maximum atomic E-state index is 12.8. The Morgan fingerprint density at radius 3 is 2.71 bits per heavy atom. The summed E-state index contributed by atoms with van der Waals surface area (Å²) in [5.74, 6) is -1.09. The minimum atomic E-state index is -4.72. The molecule has 1 aromatic heterocycles. The zero-order chi connectivity index (χ0) is 17.3. The Hall–Kier alpha value is -1.87. The van der Waals surface area contributed by atoms with E-state index >= 15 is 0 Å². The smallest absolute Gasteiger partial charge is 0.381 e. The summed E-state index contributed by atoms with van der Waals surface area (Å²) in [7, 11) is 1.69. The lowest BCUT2D eigenvalue weighted by Crippen LogP contribution is -2.36. The van der Waals surface area contributed by atoms with Crippen molar-refractivity contribution in [1.29, 1.82) is 0 Å². The van der Waals surface area contributed by atoms with Crippen molar-refractivity contribution in [3.8, 4) is 0 Å². The Morgan fingerprint density at radius 1 is 1.38 bits per heavy atom. The quantitative estimate of drug-likeness (QED) is 0.614. The predicted molar refractivity (Wildman–Crippen MR) is 84.1 cm³/mol. The van der Waals surface area contributed by atoms with E-state index in [4.69, 9.17) is 4.74 Å². The van der Waals surface area contributed by atoms with Gasteiger partial charge in [0.1, 0.15) is 0 Å². The lowest BCUT2D eigenvalue weighted by atomic mass is 10.1. The molecule has 0 spiro atoms. The van der Waals surface area contributed by atoms with Crippen molar-refractivity contribution < 1.29 is 27.5 Å². The minimum Gasteiger partial charge on any atom is -0.381 e. The number of piperidine rings is 1. The molecular formula is C15H15F3N2O3S. The Balaban J connectivity index is 1.76. The van der Waals surface area contributed by atoms with Gasteiger partial charge in [-0.3, -0.25) is 0 Å². The number of ether oxygens (including phenoxy) is 1. The standard InChI is InChI=1S/C15H15F3N2O3S/c1-22-9-4-6-20(7-5-9)12-3-2-10(24-12)8-11-13(15(16,17)18)19-23-14(11)21/h2-3,8-9H,4-7H2,1H3. The molecule has 9 heteroatoms. The first-order chi connectivity index (χ1) is 11.4. The molecule has 2 aliphatic heterocycles. The van der Waals surface area contributed by atoms with E-state index in [-0.39, 0.29) is 6.10 Å².